The number of halogens is 1. The van der Waals surface area contributed by atoms with Crippen molar-refractivity contribution in [3.05, 3.63) is 94.5 Å². The van der Waals surface area contributed by atoms with E-state index in [1.54, 1.807) is 84.6 Å². The number of amides is 1. The monoisotopic (exact) mass is 586 g/mol. The summed E-state index contributed by atoms with van der Waals surface area (Å²) in [6.07, 6.45) is 0. The zero-order chi connectivity index (χ0) is 27.3. The van der Waals surface area contributed by atoms with Gasteiger partial charge in [-0.2, -0.15) is 0 Å². The number of benzene rings is 3. The van der Waals surface area contributed by atoms with Gasteiger partial charge in [0.15, 0.2) is 4.34 Å². The molecular formula is C27H27ClN4O3S3. The minimum absolute atomic E-state index is 0.00642. The number of hydrogen-bond donors (Lipinski definition) is 1. The lowest BCUT2D eigenvalue weighted by Gasteiger charge is -2.26. The predicted octanol–water partition coefficient (Wildman–Crippen LogP) is 6.90. The molecule has 0 bridgehead atoms. The van der Waals surface area contributed by atoms with Crippen molar-refractivity contribution in [1.29, 1.82) is 0 Å². The lowest BCUT2D eigenvalue weighted by Crippen LogP contribution is -2.32. The Morgan fingerprint density at radius 3 is 2.39 bits per heavy atom. The summed E-state index contributed by atoms with van der Waals surface area (Å²) in [4.78, 5) is 13.5. The molecule has 3 aromatic carbocycles. The average Bonchev–Trinajstić information content (AvgIpc) is 3.34. The van der Waals surface area contributed by atoms with Crippen molar-refractivity contribution in [2.75, 3.05) is 15.4 Å². The Bertz CT molecular complexity index is 1510. The van der Waals surface area contributed by atoms with E-state index >= 15 is 0 Å². The molecule has 0 saturated carbocycles. The zero-order valence-corrected chi connectivity index (χ0v) is 24.3. The van der Waals surface area contributed by atoms with E-state index in [1.165, 1.54) is 15.6 Å². The van der Waals surface area contributed by atoms with Gasteiger partial charge < -0.3 is 0 Å². The second-order valence-corrected chi connectivity index (χ2v) is 13.5. The summed E-state index contributed by atoms with van der Waals surface area (Å²) < 4.78 is 29.9. The number of thioether (sulfide) groups is 1. The molecule has 0 unspecified atom stereocenters. The molecule has 0 atom stereocenters. The van der Waals surface area contributed by atoms with Crippen LogP contribution in [0.4, 0.5) is 10.8 Å². The topological polar surface area (TPSA) is 92.3 Å². The SMILES string of the molecule is Cc1ccc(S(=O)(=O)N(Cc2ccc(Cl)cc2)c2ccccc2C(=O)Nc2nnc(SCC(C)C)s2)cc1. The molecule has 0 aliphatic carbocycles. The molecule has 1 heterocycles. The van der Waals surface area contributed by atoms with Crippen LogP contribution in [0.5, 0.6) is 0 Å². The van der Waals surface area contributed by atoms with E-state index in [0.717, 1.165) is 21.2 Å². The number of carbonyl (C=O) groups is 1. The Labute approximate surface area is 236 Å². The fourth-order valence-electron chi connectivity index (χ4n) is 3.50. The predicted molar refractivity (Wildman–Crippen MR) is 156 cm³/mol. The summed E-state index contributed by atoms with van der Waals surface area (Å²) in [6.45, 7) is 6.14. The van der Waals surface area contributed by atoms with Crippen LogP contribution in [0, 0.1) is 12.8 Å². The van der Waals surface area contributed by atoms with Gasteiger partial charge in [0, 0.05) is 10.8 Å². The van der Waals surface area contributed by atoms with Gasteiger partial charge in [0.25, 0.3) is 15.9 Å². The summed E-state index contributed by atoms with van der Waals surface area (Å²) in [5, 5.41) is 11.9. The number of rotatable bonds is 10. The number of sulfonamides is 1. The second kappa shape index (κ2) is 12.3. The van der Waals surface area contributed by atoms with Gasteiger partial charge >= 0.3 is 0 Å². The van der Waals surface area contributed by atoms with Gasteiger partial charge in [-0.25, -0.2) is 8.42 Å². The van der Waals surface area contributed by atoms with Crippen LogP contribution < -0.4 is 9.62 Å². The smallest absolute Gasteiger partial charge is 0.264 e. The van der Waals surface area contributed by atoms with Gasteiger partial charge in [0.2, 0.25) is 5.13 Å². The van der Waals surface area contributed by atoms with E-state index in [2.05, 4.69) is 29.4 Å². The summed E-state index contributed by atoms with van der Waals surface area (Å²) in [7, 11) is -4.03. The molecule has 11 heteroatoms. The molecule has 38 heavy (non-hydrogen) atoms. The Hall–Kier alpha value is -2.92. The van der Waals surface area contributed by atoms with Crippen LogP contribution in [0.3, 0.4) is 0 Å². The van der Waals surface area contributed by atoms with E-state index in [1.807, 2.05) is 6.92 Å². The summed E-state index contributed by atoms with van der Waals surface area (Å²) in [6, 6.07) is 20.2. The van der Waals surface area contributed by atoms with Crippen LogP contribution in [-0.2, 0) is 16.6 Å². The summed E-state index contributed by atoms with van der Waals surface area (Å²) in [5.74, 6) is 0.912. The first-order valence-corrected chi connectivity index (χ1v) is 15.5. The van der Waals surface area contributed by atoms with Crippen LogP contribution >= 0.6 is 34.7 Å². The van der Waals surface area contributed by atoms with Crippen LogP contribution in [0.25, 0.3) is 0 Å². The van der Waals surface area contributed by atoms with Crippen molar-refractivity contribution in [3.63, 3.8) is 0 Å². The largest absolute Gasteiger partial charge is 0.296 e. The highest BCUT2D eigenvalue weighted by Gasteiger charge is 2.29. The van der Waals surface area contributed by atoms with Crippen LogP contribution in [0.2, 0.25) is 5.02 Å². The molecule has 0 aliphatic rings. The number of carbonyl (C=O) groups excluding carboxylic acids is 1. The van der Waals surface area contributed by atoms with Crippen molar-refractivity contribution in [1.82, 2.24) is 10.2 Å². The Morgan fingerprint density at radius 1 is 1.03 bits per heavy atom. The first kappa shape index (κ1) is 28.1. The lowest BCUT2D eigenvalue weighted by atomic mass is 10.1. The first-order valence-electron chi connectivity index (χ1n) is 11.8. The fraction of sp³-hybridized carbons (Fsp3) is 0.222. The second-order valence-electron chi connectivity index (χ2n) is 9.00. The van der Waals surface area contributed by atoms with Crippen molar-refractivity contribution in [2.45, 2.75) is 36.6 Å². The maximum atomic E-state index is 13.9. The van der Waals surface area contributed by atoms with Gasteiger partial charge in [-0.05, 0) is 54.8 Å². The molecule has 0 spiro atoms. The lowest BCUT2D eigenvalue weighted by molar-refractivity contribution is 0.102. The van der Waals surface area contributed by atoms with Crippen molar-refractivity contribution in [3.8, 4) is 0 Å². The van der Waals surface area contributed by atoms with E-state index < -0.39 is 15.9 Å². The number of aromatic nitrogens is 2. The van der Waals surface area contributed by atoms with Gasteiger partial charge in [0.05, 0.1) is 22.7 Å². The van der Waals surface area contributed by atoms with Crippen LogP contribution in [0.1, 0.15) is 35.3 Å². The minimum atomic E-state index is -4.03. The molecule has 4 rings (SSSR count). The molecule has 1 N–H and O–H groups in total. The quantitative estimate of drug-likeness (QED) is 0.161. The van der Waals surface area contributed by atoms with Gasteiger partial charge in [-0.1, -0.05) is 90.5 Å². The normalized spacial score (nSPS) is 11.5. The van der Waals surface area contributed by atoms with Gasteiger partial charge in [0.1, 0.15) is 0 Å². The highest BCUT2D eigenvalue weighted by atomic mass is 35.5. The van der Waals surface area contributed by atoms with E-state index in [9.17, 15) is 13.2 Å². The first-order chi connectivity index (χ1) is 18.1. The van der Waals surface area contributed by atoms with Crippen molar-refractivity contribution < 1.29 is 13.2 Å². The molecule has 1 aromatic heterocycles. The molecule has 0 radical (unpaired) electrons. The van der Waals surface area contributed by atoms with Crippen molar-refractivity contribution >= 4 is 61.4 Å². The Kier molecular flexibility index (Phi) is 9.09. The molecule has 0 aliphatic heterocycles. The van der Waals surface area contributed by atoms with Crippen molar-refractivity contribution in [2.24, 2.45) is 5.92 Å². The molecule has 198 valence electrons. The third kappa shape index (κ3) is 6.93. The number of anilines is 2. The molecular weight excluding hydrogens is 560 g/mol. The number of nitrogens with zero attached hydrogens (tertiary/aromatic N) is 3. The third-order valence-electron chi connectivity index (χ3n) is 5.43. The zero-order valence-electron chi connectivity index (χ0n) is 21.1. The minimum Gasteiger partial charge on any atom is -0.296 e. The maximum Gasteiger partial charge on any atom is 0.264 e. The van der Waals surface area contributed by atoms with Gasteiger partial charge in [-0.15, -0.1) is 10.2 Å². The van der Waals surface area contributed by atoms with E-state index in [0.29, 0.717) is 16.1 Å². The van der Waals surface area contributed by atoms with Gasteiger partial charge in [-0.3, -0.25) is 14.4 Å². The Balaban J connectivity index is 1.70. The summed E-state index contributed by atoms with van der Waals surface area (Å²) in [5.41, 5.74) is 2.11. The molecule has 7 nitrogen and oxygen atoms in total. The maximum absolute atomic E-state index is 13.9. The number of nitrogens with one attached hydrogen (secondary N) is 1. The number of hydrogen-bond acceptors (Lipinski definition) is 7. The molecule has 1 amide bonds. The number of para-hydroxylation sites is 1. The molecule has 0 fully saturated rings. The molecule has 0 saturated heterocycles. The fourth-order valence-corrected chi connectivity index (χ4v) is 6.82. The average molecular weight is 587 g/mol. The highest BCUT2D eigenvalue weighted by Crippen LogP contribution is 2.31. The van der Waals surface area contributed by atoms with Crippen LogP contribution in [-0.4, -0.2) is 30.3 Å². The number of aryl methyl sites for hydroxylation is 1. The van der Waals surface area contributed by atoms with Crippen LogP contribution in [0.15, 0.2) is 82.0 Å². The molecule has 4 aromatic rings. The van der Waals surface area contributed by atoms with E-state index in [4.69, 9.17) is 11.6 Å². The third-order valence-corrected chi connectivity index (χ3v) is 9.86. The Morgan fingerprint density at radius 2 is 1.71 bits per heavy atom. The summed E-state index contributed by atoms with van der Waals surface area (Å²) >= 11 is 8.92. The van der Waals surface area contributed by atoms with E-state index in [-0.39, 0.29) is 22.7 Å². The highest BCUT2D eigenvalue weighted by molar-refractivity contribution is 8.01. The standard InChI is InChI=1S/C27H27ClN4O3S3/c1-18(2)17-36-27-31-30-26(37-27)29-25(33)23-6-4-5-7-24(23)32(16-20-10-12-21(28)13-11-20)38(34,35)22-14-8-19(3)9-15-22/h4-15,18H,16-17H2,1-3H3,(H,29,30,33).